The number of nitrogens with one attached hydrogen (secondary N) is 1. The number of rotatable bonds is 4. The minimum Gasteiger partial charge on any atom is -0.394 e. The summed E-state index contributed by atoms with van der Waals surface area (Å²) in [7, 11) is 1.93. The van der Waals surface area contributed by atoms with Crippen LogP contribution >= 0.6 is 0 Å². The first kappa shape index (κ1) is 10.9. The highest BCUT2D eigenvalue weighted by atomic mass is 16.3. The van der Waals surface area contributed by atoms with Crippen molar-refractivity contribution in [2.24, 2.45) is 7.05 Å². The second kappa shape index (κ2) is 4.51. The van der Waals surface area contributed by atoms with Crippen LogP contribution in [0.2, 0.25) is 0 Å². The van der Waals surface area contributed by atoms with E-state index in [0.717, 1.165) is 16.7 Å². The van der Waals surface area contributed by atoms with Crippen LogP contribution in [-0.4, -0.2) is 39.0 Å². The molecule has 1 unspecified atom stereocenters. The van der Waals surface area contributed by atoms with Gasteiger partial charge < -0.3 is 20.1 Å². The fourth-order valence-corrected chi connectivity index (χ4v) is 1.54. The molecule has 0 radical (unpaired) electrons. The molecular weight excluding hydrogens is 206 g/mol. The first-order valence-corrected chi connectivity index (χ1v) is 5.14. The van der Waals surface area contributed by atoms with E-state index >= 15 is 0 Å². The highest BCUT2D eigenvalue weighted by Crippen LogP contribution is 2.17. The average molecular weight is 221 g/mol. The first-order valence-electron chi connectivity index (χ1n) is 5.14. The molecule has 1 aromatic carbocycles. The van der Waals surface area contributed by atoms with Gasteiger partial charge in [-0.05, 0) is 18.2 Å². The molecule has 0 aliphatic heterocycles. The topological polar surface area (TPSA) is 70.3 Å². The third kappa shape index (κ3) is 2.15. The lowest BCUT2D eigenvalue weighted by atomic mass is 10.2. The van der Waals surface area contributed by atoms with Gasteiger partial charge in [0.1, 0.15) is 0 Å². The molecule has 0 fully saturated rings. The Morgan fingerprint density at radius 1 is 1.50 bits per heavy atom. The highest BCUT2D eigenvalue weighted by Gasteiger charge is 2.03. The number of benzene rings is 1. The van der Waals surface area contributed by atoms with Gasteiger partial charge in [0.25, 0.3) is 0 Å². The van der Waals surface area contributed by atoms with Crippen LogP contribution < -0.4 is 5.32 Å². The predicted octanol–water partition coefficient (Wildman–Crippen LogP) is 0.338. The molecule has 2 rings (SSSR count). The monoisotopic (exact) mass is 221 g/mol. The Bertz CT molecular complexity index is 481. The molecule has 1 heterocycles. The number of anilines is 1. The number of imidazole rings is 1. The van der Waals surface area contributed by atoms with Gasteiger partial charge in [0, 0.05) is 19.3 Å². The normalized spacial score (nSPS) is 12.9. The SMILES string of the molecule is Cn1cnc2ccc(NCC(O)CO)cc21. The van der Waals surface area contributed by atoms with E-state index in [1.807, 2.05) is 29.8 Å². The van der Waals surface area contributed by atoms with E-state index in [1.165, 1.54) is 0 Å². The molecule has 0 spiro atoms. The molecule has 86 valence electrons. The number of aliphatic hydroxyl groups excluding tert-OH is 2. The van der Waals surface area contributed by atoms with Gasteiger partial charge in [0.15, 0.2) is 0 Å². The van der Waals surface area contributed by atoms with Gasteiger partial charge in [-0.15, -0.1) is 0 Å². The predicted molar refractivity (Wildman–Crippen MR) is 62.3 cm³/mol. The Labute approximate surface area is 93.3 Å². The number of aromatic nitrogens is 2. The van der Waals surface area contributed by atoms with Crippen LogP contribution in [0.25, 0.3) is 11.0 Å². The largest absolute Gasteiger partial charge is 0.394 e. The minimum atomic E-state index is -0.734. The van der Waals surface area contributed by atoms with E-state index in [2.05, 4.69) is 10.3 Å². The van der Waals surface area contributed by atoms with Gasteiger partial charge in [-0.2, -0.15) is 0 Å². The minimum absolute atomic E-state index is 0.235. The fourth-order valence-electron chi connectivity index (χ4n) is 1.54. The van der Waals surface area contributed by atoms with Crippen molar-refractivity contribution in [1.82, 2.24) is 9.55 Å². The zero-order valence-electron chi connectivity index (χ0n) is 9.09. The molecule has 2 aromatic rings. The summed E-state index contributed by atoms with van der Waals surface area (Å²) in [5, 5.41) is 21.0. The van der Waals surface area contributed by atoms with Gasteiger partial charge in [0.2, 0.25) is 0 Å². The number of aryl methyl sites for hydroxylation is 1. The van der Waals surface area contributed by atoms with Crippen molar-refractivity contribution in [3.8, 4) is 0 Å². The van der Waals surface area contributed by atoms with Crippen LogP contribution in [0.3, 0.4) is 0 Å². The van der Waals surface area contributed by atoms with Gasteiger partial charge in [-0.3, -0.25) is 0 Å². The molecule has 0 amide bonds. The van der Waals surface area contributed by atoms with Gasteiger partial charge in [0.05, 0.1) is 30.1 Å². The Kier molecular flexibility index (Phi) is 3.07. The molecule has 3 N–H and O–H groups in total. The smallest absolute Gasteiger partial charge is 0.0955 e. The van der Waals surface area contributed by atoms with Crippen LogP contribution in [0.4, 0.5) is 5.69 Å². The lowest BCUT2D eigenvalue weighted by Crippen LogP contribution is -2.22. The molecule has 0 saturated carbocycles. The zero-order chi connectivity index (χ0) is 11.5. The van der Waals surface area contributed by atoms with Crippen LogP contribution in [0, 0.1) is 0 Å². The Morgan fingerprint density at radius 3 is 3.06 bits per heavy atom. The summed E-state index contributed by atoms with van der Waals surface area (Å²) in [4.78, 5) is 4.22. The summed E-state index contributed by atoms with van der Waals surface area (Å²) in [6.45, 7) is 0.0980. The summed E-state index contributed by atoms with van der Waals surface area (Å²) >= 11 is 0. The summed E-state index contributed by atoms with van der Waals surface area (Å²) in [5.74, 6) is 0. The second-order valence-corrected chi connectivity index (χ2v) is 3.78. The fraction of sp³-hybridized carbons (Fsp3) is 0.364. The van der Waals surface area contributed by atoms with E-state index in [9.17, 15) is 5.11 Å². The molecule has 0 aliphatic rings. The molecule has 16 heavy (non-hydrogen) atoms. The molecule has 0 saturated heterocycles. The number of fused-ring (bicyclic) bond motifs is 1. The van der Waals surface area contributed by atoms with Crippen LogP contribution in [-0.2, 0) is 7.05 Å². The molecule has 5 heteroatoms. The van der Waals surface area contributed by atoms with Crippen molar-refractivity contribution in [2.45, 2.75) is 6.10 Å². The Hall–Kier alpha value is -1.59. The quantitative estimate of drug-likeness (QED) is 0.696. The van der Waals surface area contributed by atoms with Crippen molar-refractivity contribution in [3.63, 3.8) is 0 Å². The van der Waals surface area contributed by atoms with E-state index < -0.39 is 6.10 Å². The lowest BCUT2D eigenvalue weighted by Gasteiger charge is -2.10. The highest BCUT2D eigenvalue weighted by molar-refractivity contribution is 5.79. The van der Waals surface area contributed by atoms with Gasteiger partial charge in [-0.25, -0.2) is 4.98 Å². The average Bonchev–Trinajstić information content (AvgIpc) is 2.68. The van der Waals surface area contributed by atoms with E-state index in [-0.39, 0.29) is 6.61 Å². The summed E-state index contributed by atoms with van der Waals surface area (Å²) in [6, 6.07) is 5.79. The molecular formula is C11H15N3O2. The molecule has 0 bridgehead atoms. The number of nitrogens with zero attached hydrogens (tertiary/aromatic N) is 2. The third-order valence-electron chi connectivity index (χ3n) is 2.48. The van der Waals surface area contributed by atoms with Crippen molar-refractivity contribution in [1.29, 1.82) is 0 Å². The second-order valence-electron chi connectivity index (χ2n) is 3.78. The van der Waals surface area contributed by atoms with E-state index in [1.54, 1.807) is 6.33 Å². The molecule has 0 aliphatic carbocycles. The van der Waals surface area contributed by atoms with Crippen molar-refractivity contribution in [2.75, 3.05) is 18.5 Å². The summed E-state index contributed by atoms with van der Waals surface area (Å²) in [5.41, 5.74) is 2.88. The number of hydrogen-bond acceptors (Lipinski definition) is 4. The zero-order valence-corrected chi connectivity index (χ0v) is 9.09. The standard InChI is InChI=1S/C11H15N3O2/c1-14-7-13-10-3-2-8(4-11(10)14)12-5-9(16)6-15/h2-4,7,9,12,15-16H,5-6H2,1H3. The van der Waals surface area contributed by atoms with Crippen LogP contribution in [0.1, 0.15) is 0 Å². The molecule has 1 aromatic heterocycles. The maximum absolute atomic E-state index is 9.22. The number of hydrogen-bond donors (Lipinski definition) is 3. The molecule has 5 nitrogen and oxygen atoms in total. The summed E-state index contributed by atoms with van der Waals surface area (Å²) < 4.78 is 1.93. The third-order valence-corrected chi connectivity index (χ3v) is 2.48. The van der Waals surface area contributed by atoms with Gasteiger partial charge >= 0.3 is 0 Å². The maximum atomic E-state index is 9.22. The van der Waals surface area contributed by atoms with Crippen molar-refractivity contribution >= 4 is 16.7 Å². The van der Waals surface area contributed by atoms with Crippen molar-refractivity contribution in [3.05, 3.63) is 24.5 Å². The lowest BCUT2D eigenvalue weighted by molar-refractivity contribution is 0.105. The Morgan fingerprint density at radius 2 is 2.31 bits per heavy atom. The van der Waals surface area contributed by atoms with E-state index in [0.29, 0.717) is 6.54 Å². The van der Waals surface area contributed by atoms with Crippen molar-refractivity contribution < 1.29 is 10.2 Å². The molecule has 1 atom stereocenters. The van der Waals surface area contributed by atoms with Crippen LogP contribution in [0.15, 0.2) is 24.5 Å². The first-order chi connectivity index (χ1) is 7.70. The maximum Gasteiger partial charge on any atom is 0.0955 e. The van der Waals surface area contributed by atoms with E-state index in [4.69, 9.17) is 5.11 Å². The Balaban J connectivity index is 2.15. The number of aliphatic hydroxyl groups is 2. The van der Waals surface area contributed by atoms with Gasteiger partial charge in [-0.1, -0.05) is 0 Å². The van der Waals surface area contributed by atoms with Crippen LogP contribution in [0.5, 0.6) is 0 Å². The summed E-state index contributed by atoms with van der Waals surface area (Å²) in [6.07, 6.45) is 1.03.